The molecule has 0 radical (unpaired) electrons. The van der Waals surface area contributed by atoms with Crippen molar-refractivity contribution in [1.29, 1.82) is 0 Å². The molecule has 50 heavy (non-hydrogen) atoms. The highest BCUT2D eigenvalue weighted by atomic mass is 19.1. The normalized spacial score (nSPS) is 22.3. The lowest BCUT2D eigenvalue weighted by molar-refractivity contribution is -0.126. The molecule has 2 aromatic heterocycles. The summed E-state index contributed by atoms with van der Waals surface area (Å²) < 4.78 is 58.7. The highest BCUT2D eigenvalue weighted by Gasteiger charge is 2.37. The fourth-order valence-electron chi connectivity index (χ4n) is 7.00. The maximum atomic E-state index is 16.4. The summed E-state index contributed by atoms with van der Waals surface area (Å²) in [5.41, 5.74) is -0.770. The van der Waals surface area contributed by atoms with Crippen LogP contribution in [0.5, 0.6) is 5.75 Å². The van der Waals surface area contributed by atoms with Crippen molar-refractivity contribution in [3.63, 3.8) is 0 Å². The lowest BCUT2D eigenvalue weighted by Gasteiger charge is -2.41. The Morgan fingerprint density at radius 3 is 2.68 bits per heavy atom. The number of hydrogen-bond acceptors (Lipinski definition) is 9. The number of hydrogen-bond donors (Lipinski definition) is 1. The molecule has 3 aliphatic rings. The summed E-state index contributed by atoms with van der Waals surface area (Å²) in [5.74, 6) is -1.68. The molecule has 3 aromatic rings. The van der Waals surface area contributed by atoms with Crippen molar-refractivity contribution in [2.75, 3.05) is 51.0 Å². The second-order valence-corrected chi connectivity index (χ2v) is 13.2. The van der Waals surface area contributed by atoms with Crippen molar-refractivity contribution < 1.29 is 32.5 Å². The maximum Gasteiger partial charge on any atom is 0.355 e. The van der Waals surface area contributed by atoms with Gasteiger partial charge < -0.3 is 29.3 Å². The average molecular weight is 695 g/mol. The van der Waals surface area contributed by atoms with E-state index in [1.54, 1.807) is 11.0 Å². The summed E-state index contributed by atoms with van der Waals surface area (Å²) in [6, 6.07) is 4.26. The monoisotopic (exact) mass is 694 g/mol. The van der Waals surface area contributed by atoms with Gasteiger partial charge in [-0.1, -0.05) is 26.5 Å². The first-order valence-electron chi connectivity index (χ1n) is 16.7. The minimum Gasteiger partial charge on any atom is -0.490 e. The number of amides is 1. The van der Waals surface area contributed by atoms with Crippen LogP contribution in [-0.4, -0.2) is 106 Å². The molecule has 1 N–H and O–H groups in total. The Balaban J connectivity index is 1.69. The van der Waals surface area contributed by atoms with E-state index in [1.165, 1.54) is 28.8 Å². The van der Waals surface area contributed by atoms with Crippen LogP contribution in [0.1, 0.15) is 27.7 Å². The Hall–Kier alpha value is -4.69. The SMILES string of the molecule is C=CC(=O)N1CCN(c2nc(=O)n3c4nc(c(F)cc24)-c2c(F)cccc2OCC(O)C(OCCF)C2=C3[C@@H](C)N(CC(C)C)C=C2)[C@@H](C)C1. The van der Waals surface area contributed by atoms with Gasteiger partial charge in [-0.05, 0) is 50.1 Å². The van der Waals surface area contributed by atoms with Crippen molar-refractivity contribution in [1.82, 2.24) is 24.3 Å². The van der Waals surface area contributed by atoms with Gasteiger partial charge in [-0.2, -0.15) is 4.98 Å². The Bertz CT molecular complexity index is 1930. The van der Waals surface area contributed by atoms with Gasteiger partial charge in [0.1, 0.15) is 48.6 Å². The third-order valence-corrected chi connectivity index (χ3v) is 9.29. The lowest BCUT2D eigenvalue weighted by Crippen LogP contribution is -2.54. The second-order valence-electron chi connectivity index (χ2n) is 13.2. The first kappa shape index (κ1) is 35.1. The van der Waals surface area contributed by atoms with E-state index in [0.29, 0.717) is 30.9 Å². The van der Waals surface area contributed by atoms with Gasteiger partial charge >= 0.3 is 5.69 Å². The van der Waals surface area contributed by atoms with Gasteiger partial charge in [0.25, 0.3) is 0 Å². The third kappa shape index (κ3) is 6.37. The van der Waals surface area contributed by atoms with Crippen LogP contribution in [0.25, 0.3) is 28.0 Å². The zero-order chi connectivity index (χ0) is 35.9. The van der Waals surface area contributed by atoms with Gasteiger partial charge in [0.2, 0.25) is 5.91 Å². The standard InChI is InChI=1S/C36H41F3N6O5/c1-6-29(47)43-13-14-44(21(4)18-43)34-24-16-26(39)31-30-25(38)8-7-9-28(30)50-19-27(46)33(49-15-11-37)23-10-12-42(17-20(2)3)22(5)32(23)45(35(24)40-31)36(48)41-34/h6-10,12,16,20-22,27,33,46H,1,11,13-15,17-19H2,2-5H3/t21-,22+,27?,33?/m0/s1. The van der Waals surface area contributed by atoms with E-state index in [2.05, 4.69) is 11.6 Å². The van der Waals surface area contributed by atoms with E-state index < -0.39 is 54.5 Å². The molecule has 266 valence electrons. The van der Waals surface area contributed by atoms with Gasteiger partial charge in [0.15, 0.2) is 11.5 Å². The molecule has 1 amide bonds. The molecule has 0 spiro atoms. The van der Waals surface area contributed by atoms with E-state index in [4.69, 9.17) is 14.5 Å². The van der Waals surface area contributed by atoms with Crippen molar-refractivity contribution in [3.8, 4) is 17.0 Å². The van der Waals surface area contributed by atoms with Crippen molar-refractivity contribution >= 4 is 28.5 Å². The number of ether oxygens (including phenoxy) is 2. The predicted molar refractivity (Wildman–Crippen MR) is 183 cm³/mol. The lowest BCUT2D eigenvalue weighted by atomic mass is 9.94. The second kappa shape index (κ2) is 14.3. The number of aromatic nitrogens is 3. The number of carbonyl (C=O) groups is 1. The van der Waals surface area contributed by atoms with Crippen LogP contribution in [0.3, 0.4) is 0 Å². The molecule has 14 heteroatoms. The zero-order valence-electron chi connectivity index (χ0n) is 28.5. The van der Waals surface area contributed by atoms with Crippen LogP contribution in [0.4, 0.5) is 19.0 Å². The number of anilines is 1. The predicted octanol–water partition coefficient (Wildman–Crippen LogP) is 4.15. The largest absolute Gasteiger partial charge is 0.490 e. The van der Waals surface area contributed by atoms with E-state index in [0.717, 1.165) is 6.07 Å². The van der Waals surface area contributed by atoms with Crippen LogP contribution in [0.2, 0.25) is 0 Å². The molecule has 1 saturated heterocycles. The van der Waals surface area contributed by atoms with E-state index in [-0.39, 0.29) is 59.2 Å². The smallest absolute Gasteiger partial charge is 0.355 e. The summed E-state index contributed by atoms with van der Waals surface area (Å²) in [7, 11) is 0. The number of aliphatic hydroxyl groups excluding tert-OH is 1. The third-order valence-electron chi connectivity index (χ3n) is 9.29. The highest BCUT2D eigenvalue weighted by Crippen LogP contribution is 2.39. The maximum absolute atomic E-state index is 16.4. The molecule has 5 heterocycles. The molecule has 4 atom stereocenters. The molecule has 0 saturated carbocycles. The average Bonchev–Trinajstić information content (AvgIpc) is 3.08. The minimum atomic E-state index is -1.42. The van der Waals surface area contributed by atoms with Gasteiger partial charge in [-0.3, -0.25) is 4.79 Å². The number of carbonyl (C=O) groups excluding carboxylic acids is 1. The number of pyridine rings is 1. The van der Waals surface area contributed by atoms with Crippen molar-refractivity contribution in [2.24, 2.45) is 5.92 Å². The number of nitrogens with zero attached hydrogens (tertiary/aromatic N) is 6. The molecular weight excluding hydrogens is 653 g/mol. The first-order chi connectivity index (χ1) is 23.9. The molecule has 0 aliphatic carbocycles. The van der Waals surface area contributed by atoms with E-state index in [1.807, 2.05) is 43.7 Å². The van der Waals surface area contributed by atoms with Crippen LogP contribution in [-0.2, 0) is 9.53 Å². The van der Waals surface area contributed by atoms with Crippen molar-refractivity contribution in [3.05, 3.63) is 76.9 Å². The van der Waals surface area contributed by atoms with Crippen LogP contribution >= 0.6 is 0 Å². The van der Waals surface area contributed by atoms with Gasteiger partial charge in [-0.25, -0.2) is 27.5 Å². The van der Waals surface area contributed by atoms with E-state index in [9.17, 15) is 19.1 Å². The molecule has 1 fully saturated rings. The zero-order valence-corrected chi connectivity index (χ0v) is 28.5. The highest BCUT2D eigenvalue weighted by molar-refractivity contribution is 5.92. The molecule has 6 rings (SSSR count). The fourth-order valence-corrected chi connectivity index (χ4v) is 7.00. The molecule has 2 unspecified atom stereocenters. The molecular formula is C36H41F3N6O5. The molecule has 3 aliphatic heterocycles. The molecule has 1 aromatic carbocycles. The van der Waals surface area contributed by atoms with E-state index >= 15 is 8.78 Å². The number of benzene rings is 1. The van der Waals surface area contributed by atoms with Gasteiger partial charge in [0.05, 0.1) is 29.3 Å². The summed E-state index contributed by atoms with van der Waals surface area (Å²) in [6.45, 7) is 11.2. The Morgan fingerprint density at radius 2 is 1.98 bits per heavy atom. The summed E-state index contributed by atoms with van der Waals surface area (Å²) >= 11 is 0. The Labute approximate surface area is 287 Å². The number of halogens is 3. The minimum absolute atomic E-state index is 0.0131. The Kier molecular flexibility index (Phi) is 10.0. The van der Waals surface area contributed by atoms with Crippen molar-refractivity contribution in [2.45, 2.75) is 52.0 Å². The summed E-state index contributed by atoms with van der Waals surface area (Å²) in [6.07, 6.45) is 2.17. The van der Waals surface area contributed by atoms with Gasteiger partial charge in [0, 0.05) is 44.0 Å². The quantitative estimate of drug-likeness (QED) is 0.365. The fraction of sp³-hybridized carbons (Fsp3) is 0.444. The topological polar surface area (TPSA) is 113 Å². The number of fused-ring (bicyclic) bond motifs is 4. The number of aliphatic hydroxyl groups is 1. The van der Waals surface area contributed by atoms with Gasteiger partial charge in [-0.15, -0.1) is 0 Å². The summed E-state index contributed by atoms with van der Waals surface area (Å²) in [5, 5.41) is 11.7. The molecule has 11 nitrogen and oxygen atoms in total. The molecule has 2 bridgehead atoms. The first-order valence-corrected chi connectivity index (χ1v) is 16.7. The van der Waals surface area contributed by atoms with Crippen LogP contribution in [0, 0.1) is 17.6 Å². The van der Waals surface area contributed by atoms with Crippen LogP contribution < -0.4 is 15.3 Å². The number of piperazine rings is 1. The Morgan fingerprint density at radius 1 is 1.20 bits per heavy atom. The number of alkyl halides is 1. The summed E-state index contributed by atoms with van der Waals surface area (Å²) in [4.78, 5) is 41.6. The van der Waals surface area contributed by atoms with Crippen LogP contribution in [0.15, 0.2) is 59.6 Å². The number of rotatable bonds is 7.